The monoisotopic (exact) mass is 339 g/mol. The molecule has 0 amide bonds. The van der Waals surface area contributed by atoms with Gasteiger partial charge in [-0.05, 0) is 37.1 Å². The molecule has 0 spiro atoms. The van der Waals surface area contributed by atoms with Crippen LogP contribution in [0.1, 0.15) is 12.8 Å². The highest BCUT2D eigenvalue weighted by Gasteiger charge is 2.17. The van der Waals surface area contributed by atoms with E-state index in [0.29, 0.717) is 17.4 Å². The standard InChI is InChI=1S/C17H17N5O3/c1-25-12-6-4-11(5-7-12)22-15(23)13-10-18-16(21-8-2-3-9-21)19-14(13)20-17(22)24/h4-7,10H,2-3,8-9H2,1H3,(H,18,19,20,24). The first-order valence-electron chi connectivity index (χ1n) is 8.09. The summed E-state index contributed by atoms with van der Waals surface area (Å²) in [7, 11) is 1.55. The molecule has 1 N–H and O–H groups in total. The third-order valence-electron chi connectivity index (χ3n) is 4.36. The predicted octanol–water partition coefficient (Wildman–Crippen LogP) is 1.08. The molecule has 0 radical (unpaired) electrons. The van der Waals surface area contributed by atoms with Crippen LogP contribution in [0.25, 0.3) is 16.7 Å². The summed E-state index contributed by atoms with van der Waals surface area (Å²) in [5.41, 5.74) is -0.264. The molecule has 0 atom stereocenters. The Bertz CT molecular complexity index is 1030. The zero-order valence-corrected chi connectivity index (χ0v) is 13.7. The molecule has 1 aliphatic heterocycles. The van der Waals surface area contributed by atoms with Crippen molar-refractivity contribution in [3.63, 3.8) is 0 Å². The maximum atomic E-state index is 12.8. The van der Waals surface area contributed by atoms with Crippen LogP contribution in [0.5, 0.6) is 5.75 Å². The van der Waals surface area contributed by atoms with E-state index in [1.165, 1.54) is 6.20 Å². The molecule has 25 heavy (non-hydrogen) atoms. The van der Waals surface area contributed by atoms with Gasteiger partial charge >= 0.3 is 5.69 Å². The molecular weight excluding hydrogens is 322 g/mol. The molecular formula is C17H17N5O3. The van der Waals surface area contributed by atoms with Crippen LogP contribution in [-0.2, 0) is 0 Å². The van der Waals surface area contributed by atoms with Crippen LogP contribution in [-0.4, -0.2) is 39.7 Å². The zero-order chi connectivity index (χ0) is 17.4. The van der Waals surface area contributed by atoms with Gasteiger partial charge in [-0.2, -0.15) is 4.98 Å². The number of fused-ring (bicyclic) bond motifs is 1. The molecule has 8 heteroatoms. The van der Waals surface area contributed by atoms with Crippen LogP contribution in [0.4, 0.5) is 5.95 Å². The Morgan fingerprint density at radius 1 is 1.12 bits per heavy atom. The van der Waals surface area contributed by atoms with Crippen molar-refractivity contribution < 1.29 is 4.74 Å². The lowest BCUT2D eigenvalue weighted by Gasteiger charge is -2.15. The summed E-state index contributed by atoms with van der Waals surface area (Å²) >= 11 is 0. The van der Waals surface area contributed by atoms with Gasteiger partial charge < -0.3 is 9.64 Å². The predicted molar refractivity (Wildman–Crippen MR) is 93.8 cm³/mol. The highest BCUT2D eigenvalue weighted by atomic mass is 16.5. The number of hydrogen-bond acceptors (Lipinski definition) is 6. The third-order valence-corrected chi connectivity index (χ3v) is 4.36. The van der Waals surface area contributed by atoms with Crippen molar-refractivity contribution in [2.75, 3.05) is 25.1 Å². The van der Waals surface area contributed by atoms with Crippen LogP contribution in [0.3, 0.4) is 0 Å². The number of methoxy groups -OCH3 is 1. The number of benzene rings is 1. The van der Waals surface area contributed by atoms with Crippen LogP contribution in [0.15, 0.2) is 40.1 Å². The van der Waals surface area contributed by atoms with E-state index in [2.05, 4.69) is 15.0 Å². The Hall–Kier alpha value is -3.16. The largest absolute Gasteiger partial charge is 0.497 e. The number of rotatable bonds is 3. The zero-order valence-electron chi connectivity index (χ0n) is 13.7. The first-order valence-corrected chi connectivity index (χ1v) is 8.09. The Labute approximate surface area is 142 Å². The molecule has 3 heterocycles. The molecule has 3 aromatic rings. The van der Waals surface area contributed by atoms with Gasteiger partial charge in [-0.15, -0.1) is 0 Å². The van der Waals surface area contributed by atoms with Crippen molar-refractivity contribution in [2.45, 2.75) is 12.8 Å². The molecule has 1 saturated heterocycles. The summed E-state index contributed by atoms with van der Waals surface area (Å²) in [5, 5.41) is 0.276. The van der Waals surface area contributed by atoms with Gasteiger partial charge in [0, 0.05) is 19.3 Å². The average Bonchev–Trinajstić information content (AvgIpc) is 3.16. The molecule has 1 aromatic carbocycles. The molecule has 1 fully saturated rings. The minimum Gasteiger partial charge on any atom is -0.497 e. The number of hydrogen-bond donors (Lipinski definition) is 1. The molecule has 128 valence electrons. The number of ether oxygens (including phenoxy) is 1. The molecule has 0 bridgehead atoms. The van der Waals surface area contributed by atoms with Gasteiger partial charge in [0.15, 0.2) is 5.65 Å². The lowest BCUT2D eigenvalue weighted by Crippen LogP contribution is -2.34. The van der Waals surface area contributed by atoms with Gasteiger partial charge in [0.25, 0.3) is 5.56 Å². The minimum atomic E-state index is -0.534. The van der Waals surface area contributed by atoms with Gasteiger partial charge in [0.1, 0.15) is 11.1 Å². The topological polar surface area (TPSA) is 93.1 Å². The van der Waals surface area contributed by atoms with Gasteiger partial charge in [0.05, 0.1) is 12.8 Å². The van der Waals surface area contributed by atoms with E-state index < -0.39 is 11.2 Å². The summed E-state index contributed by atoms with van der Waals surface area (Å²) in [6.45, 7) is 1.78. The summed E-state index contributed by atoms with van der Waals surface area (Å²) in [6, 6.07) is 6.69. The lowest BCUT2D eigenvalue weighted by atomic mass is 10.3. The second-order valence-corrected chi connectivity index (χ2v) is 5.90. The highest BCUT2D eigenvalue weighted by molar-refractivity contribution is 5.73. The molecule has 8 nitrogen and oxygen atoms in total. The first-order chi connectivity index (χ1) is 12.2. The molecule has 4 rings (SSSR count). The Morgan fingerprint density at radius 2 is 1.84 bits per heavy atom. The van der Waals surface area contributed by atoms with Crippen molar-refractivity contribution in [1.29, 1.82) is 0 Å². The summed E-state index contributed by atoms with van der Waals surface area (Å²) in [4.78, 5) is 38.6. The number of aromatic amines is 1. The van der Waals surface area contributed by atoms with Gasteiger partial charge in [-0.3, -0.25) is 9.78 Å². The van der Waals surface area contributed by atoms with E-state index in [-0.39, 0.29) is 11.0 Å². The molecule has 2 aromatic heterocycles. The van der Waals surface area contributed by atoms with Gasteiger partial charge in [-0.1, -0.05) is 0 Å². The number of anilines is 1. The van der Waals surface area contributed by atoms with Crippen molar-refractivity contribution in [2.24, 2.45) is 0 Å². The lowest BCUT2D eigenvalue weighted by molar-refractivity contribution is 0.414. The van der Waals surface area contributed by atoms with Crippen LogP contribution in [0, 0.1) is 0 Å². The maximum Gasteiger partial charge on any atom is 0.334 e. The smallest absolute Gasteiger partial charge is 0.334 e. The SMILES string of the molecule is COc1ccc(-n2c(=O)[nH]c3nc(N4CCCC4)ncc3c2=O)cc1. The molecule has 0 saturated carbocycles. The van der Waals surface area contributed by atoms with E-state index in [1.807, 2.05) is 4.90 Å². The maximum absolute atomic E-state index is 12.8. The summed E-state index contributed by atoms with van der Waals surface area (Å²) < 4.78 is 6.17. The van der Waals surface area contributed by atoms with E-state index in [4.69, 9.17) is 4.74 Å². The van der Waals surface area contributed by atoms with Gasteiger partial charge in [0.2, 0.25) is 5.95 Å². The van der Waals surface area contributed by atoms with Crippen LogP contribution >= 0.6 is 0 Å². The fraction of sp³-hybridized carbons (Fsp3) is 0.294. The second-order valence-electron chi connectivity index (χ2n) is 5.90. The van der Waals surface area contributed by atoms with Crippen molar-refractivity contribution in [1.82, 2.24) is 19.5 Å². The Kier molecular flexibility index (Phi) is 3.72. The van der Waals surface area contributed by atoms with Crippen LogP contribution in [0.2, 0.25) is 0 Å². The fourth-order valence-electron chi connectivity index (χ4n) is 3.03. The van der Waals surface area contributed by atoms with E-state index in [9.17, 15) is 9.59 Å². The van der Waals surface area contributed by atoms with Crippen molar-refractivity contribution in [3.8, 4) is 11.4 Å². The minimum absolute atomic E-state index is 0.261. The van der Waals surface area contributed by atoms with E-state index in [1.54, 1.807) is 31.4 Å². The summed E-state index contributed by atoms with van der Waals surface area (Å²) in [6.07, 6.45) is 3.67. The molecule has 0 unspecified atom stereocenters. The second kappa shape index (κ2) is 6.04. The first kappa shape index (κ1) is 15.4. The number of H-pyrrole nitrogens is 1. The highest BCUT2D eigenvalue weighted by Crippen LogP contribution is 2.17. The third kappa shape index (κ3) is 2.65. The number of aromatic nitrogens is 4. The van der Waals surface area contributed by atoms with E-state index in [0.717, 1.165) is 30.5 Å². The average molecular weight is 339 g/mol. The Morgan fingerprint density at radius 3 is 2.52 bits per heavy atom. The number of nitrogens with zero attached hydrogens (tertiary/aromatic N) is 4. The quantitative estimate of drug-likeness (QED) is 0.767. The summed E-state index contributed by atoms with van der Waals surface area (Å²) in [5.74, 6) is 1.19. The van der Waals surface area contributed by atoms with Crippen molar-refractivity contribution in [3.05, 3.63) is 51.3 Å². The number of nitrogens with one attached hydrogen (secondary N) is 1. The van der Waals surface area contributed by atoms with Gasteiger partial charge in [-0.25, -0.2) is 14.3 Å². The normalized spacial score (nSPS) is 14.2. The Balaban J connectivity index is 1.85. The van der Waals surface area contributed by atoms with E-state index >= 15 is 0 Å². The molecule has 0 aliphatic carbocycles. The fourth-order valence-corrected chi connectivity index (χ4v) is 3.03. The van der Waals surface area contributed by atoms with Crippen molar-refractivity contribution >= 4 is 17.0 Å². The van der Waals surface area contributed by atoms with Crippen LogP contribution < -0.4 is 20.9 Å². The molecule has 1 aliphatic rings.